The summed E-state index contributed by atoms with van der Waals surface area (Å²) in [5.74, 6) is 1.68. The maximum atomic E-state index is 13.7. The van der Waals surface area contributed by atoms with E-state index in [1.54, 1.807) is 19.2 Å². The molecule has 0 saturated carbocycles. The molecule has 1 aliphatic rings. The Kier molecular flexibility index (Phi) is 6.15. The van der Waals surface area contributed by atoms with Crippen LogP contribution in [-0.2, 0) is 6.54 Å². The highest BCUT2D eigenvalue weighted by atomic mass is 19.1. The highest BCUT2D eigenvalue weighted by molar-refractivity contribution is 5.76. The molecule has 26 heavy (non-hydrogen) atoms. The predicted octanol–water partition coefficient (Wildman–Crippen LogP) is 5.06. The summed E-state index contributed by atoms with van der Waals surface area (Å²) < 4.78 is 21.5. The van der Waals surface area contributed by atoms with Crippen molar-refractivity contribution in [3.05, 3.63) is 41.9 Å². The molecule has 0 bridgehead atoms. The van der Waals surface area contributed by atoms with E-state index in [0.717, 1.165) is 30.8 Å². The van der Waals surface area contributed by atoms with Crippen molar-refractivity contribution in [1.29, 1.82) is 0 Å². The first-order chi connectivity index (χ1) is 12.0. The summed E-state index contributed by atoms with van der Waals surface area (Å²) in [5, 5.41) is 0. The SMILES string of the molecule is COc1ccc(F)cc1CN1C=CC[N+](CC(C)(C)CC(C)(C)C)=C1C. The van der Waals surface area contributed by atoms with Gasteiger partial charge in [0.15, 0.2) is 0 Å². The molecule has 0 spiro atoms. The summed E-state index contributed by atoms with van der Waals surface area (Å²) in [7, 11) is 1.63. The van der Waals surface area contributed by atoms with Crippen molar-refractivity contribution in [1.82, 2.24) is 4.90 Å². The smallest absolute Gasteiger partial charge is 0.248 e. The number of hydrogen-bond acceptors (Lipinski definition) is 2. The predicted molar refractivity (Wildman–Crippen MR) is 106 cm³/mol. The van der Waals surface area contributed by atoms with E-state index in [1.807, 2.05) is 0 Å². The van der Waals surface area contributed by atoms with Gasteiger partial charge in [0, 0.05) is 17.9 Å². The molecule has 0 amide bonds. The Bertz CT molecular complexity index is 699. The number of methoxy groups -OCH3 is 1. The van der Waals surface area contributed by atoms with Gasteiger partial charge < -0.3 is 4.74 Å². The fourth-order valence-corrected chi connectivity index (χ4v) is 4.13. The van der Waals surface area contributed by atoms with Crippen molar-refractivity contribution in [3.63, 3.8) is 0 Å². The first-order valence-electron chi connectivity index (χ1n) is 9.35. The molecule has 0 unspecified atom stereocenters. The molecular weight excluding hydrogens is 327 g/mol. The van der Waals surface area contributed by atoms with Crippen molar-refractivity contribution in [3.8, 4) is 5.75 Å². The van der Waals surface area contributed by atoms with Gasteiger partial charge in [0.05, 0.1) is 19.9 Å². The number of ether oxygens (including phenoxy) is 1. The second-order valence-electron chi connectivity index (χ2n) is 9.30. The van der Waals surface area contributed by atoms with Crippen LogP contribution in [0.15, 0.2) is 30.5 Å². The maximum absolute atomic E-state index is 13.7. The average Bonchev–Trinajstić information content (AvgIpc) is 2.49. The van der Waals surface area contributed by atoms with Gasteiger partial charge >= 0.3 is 0 Å². The normalized spacial score (nSPS) is 15.6. The molecular formula is C22H34FN2O+. The Morgan fingerprint density at radius 3 is 2.50 bits per heavy atom. The van der Waals surface area contributed by atoms with Crippen LogP contribution in [0.2, 0.25) is 0 Å². The van der Waals surface area contributed by atoms with Gasteiger partial charge in [0.25, 0.3) is 0 Å². The Morgan fingerprint density at radius 1 is 1.19 bits per heavy atom. The van der Waals surface area contributed by atoms with Gasteiger partial charge in [0.1, 0.15) is 24.7 Å². The first kappa shape index (κ1) is 20.5. The van der Waals surface area contributed by atoms with Crippen LogP contribution >= 0.6 is 0 Å². The van der Waals surface area contributed by atoms with E-state index in [0.29, 0.717) is 12.0 Å². The second kappa shape index (κ2) is 7.81. The Morgan fingerprint density at radius 2 is 1.88 bits per heavy atom. The lowest BCUT2D eigenvalue weighted by atomic mass is 9.76. The quantitative estimate of drug-likeness (QED) is 0.658. The van der Waals surface area contributed by atoms with Gasteiger partial charge in [-0.3, -0.25) is 4.58 Å². The zero-order valence-electron chi connectivity index (χ0n) is 17.4. The second-order valence-corrected chi connectivity index (χ2v) is 9.30. The van der Waals surface area contributed by atoms with Crippen LogP contribution in [0.1, 0.15) is 53.5 Å². The molecule has 1 heterocycles. The van der Waals surface area contributed by atoms with Crippen molar-refractivity contribution in [2.45, 2.75) is 54.5 Å². The van der Waals surface area contributed by atoms with Gasteiger partial charge in [-0.05, 0) is 36.1 Å². The van der Waals surface area contributed by atoms with E-state index in [4.69, 9.17) is 4.74 Å². The highest BCUT2D eigenvalue weighted by Crippen LogP contribution is 2.33. The van der Waals surface area contributed by atoms with E-state index in [-0.39, 0.29) is 11.2 Å². The van der Waals surface area contributed by atoms with Crippen LogP contribution in [0.5, 0.6) is 5.75 Å². The fraction of sp³-hybridized carbons (Fsp3) is 0.591. The third-order valence-corrected chi connectivity index (χ3v) is 4.70. The van der Waals surface area contributed by atoms with E-state index < -0.39 is 0 Å². The van der Waals surface area contributed by atoms with Crippen molar-refractivity contribution < 1.29 is 13.7 Å². The van der Waals surface area contributed by atoms with Crippen LogP contribution in [0.25, 0.3) is 0 Å². The van der Waals surface area contributed by atoms with Crippen molar-refractivity contribution >= 4 is 5.84 Å². The van der Waals surface area contributed by atoms with E-state index in [2.05, 4.69) is 63.3 Å². The molecule has 144 valence electrons. The number of rotatable bonds is 6. The lowest BCUT2D eigenvalue weighted by Crippen LogP contribution is -2.41. The summed E-state index contributed by atoms with van der Waals surface area (Å²) in [6.45, 7) is 16.2. The molecule has 0 N–H and O–H groups in total. The van der Waals surface area contributed by atoms with Gasteiger partial charge in [0.2, 0.25) is 5.84 Å². The minimum Gasteiger partial charge on any atom is -0.496 e. The van der Waals surface area contributed by atoms with Gasteiger partial charge in [-0.25, -0.2) is 9.29 Å². The van der Waals surface area contributed by atoms with Crippen LogP contribution in [0.3, 0.4) is 0 Å². The Hall–Kier alpha value is -1.84. The lowest BCUT2D eigenvalue weighted by Gasteiger charge is -2.33. The summed E-state index contributed by atoms with van der Waals surface area (Å²) >= 11 is 0. The number of amidine groups is 1. The summed E-state index contributed by atoms with van der Waals surface area (Å²) in [6.07, 6.45) is 5.42. The Labute approximate surface area is 158 Å². The zero-order chi connectivity index (χ0) is 19.5. The van der Waals surface area contributed by atoms with Gasteiger partial charge in [-0.15, -0.1) is 0 Å². The van der Waals surface area contributed by atoms with E-state index in [1.165, 1.54) is 11.9 Å². The molecule has 0 saturated heterocycles. The fourth-order valence-electron chi connectivity index (χ4n) is 4.13. The first-order valence-corrected chi connectivity index (χ1v) is 9.35. The number of benzene rings is 1. The van der Waals surface area contributed by atoms with Crippen LogP contribution in [-0.4, -0.2) is 35.5 Å². The zero-order valence-corrected chi connectivity index (χ0v) is 17.4. The average molecular weight is 362 g/mol. The molecule has 0 fully saturated rings. The summed E-state index contributed by atoms with van der Waals surface area (Å²) in [4.78, 5) is 2.17. The topological polar surface area (TPSA) is 15.5 Å². The lowest BCUT2D eigenvalue weighted by molar-refractivity contribution is -0.539. The molecule has 0 aromatic heterocycles. The number of nitrogens with zero attached hydrogens (tertiary/aromatic N) is 2. The molecule has 0 aliphatic carbocycles. The summed E-state index contributed by atoms with van der Waals surface area (Å²) in [5.41, 5.74) is 1.37. The molecule has 2 rings (SSSR count). The monoisotopic (exact) mass is 361 g/mol. The molecule has 1 aromatic carbocycles. The standard InChI is InChI=1S/C22H34FN2O/c1-17-24(14-18-13-19(23)9-10-20(18)26-7)11-8-12-25(17)16-22(5,6)15-21(2,3)4/h8-11,13H,12,14-16H2,1-7H3/q+1. The summed E-state index contributed by atoms with van der Waals surface area (Å²) in [6, 6.07) is 4.69. The van der Waals surface area contributed by atoms with Crippen LogP contribution in [0, 0.1) is 16.6 Å². The van der Waals surface area contributed by atoms with E-state index in [9.17, 15) is 4.39 Å². The minimum absolute atomic E-state index is 0.215. The minimum atomic E-state index is -0.234. The molecule has 1 aromatic rings. The van der Waals surface area contributed by atoms with Crippen LogP contribution < -0.4 is 4.74 Å². The molecule has 1 aliphatic heterocycles. The van der Waals surface area contributed by atoms with Gasteiger partial charge in [-0.1, -0.05) is 34.6 Å². The number of halogens is 1. The molecule has 4 heteroatoms. The molecule has 3 nitrogen and oxygen atoms in total. The van der Waals surface area contributed by atoms with Gasteiger partial charge in [-0.2, -0.15) is 0 Å². The Balaban J connectivity index is 2.20. The van der Waals surface area contributed by atoms with Crippen molar-refractivity contribution in [2.75, 3.05) is 20.2 Å². The van der Waals surface area contributed by atoms with E-state index >= 15 is 0 Å². The number of hydrogen-bond donors (Lipinski definition) is 0. The third kappa shape index (κ3) is 5.58. The molecule has 0 atom stereocenters. The van der Waals surface area contributed by atoms with Crippen LogP contribution in [0.4, 0.5) is 4.39 Å². The highest BCUT2D eigenvalue weighted by Gasteiger charge is 2.31. The largest absolute Gasteiger partial charge is 0.496 e. The molecule has 0 radical (unpaired) electrons. The maximum Gasteiger partial charge on any atom is 0.248 e. The third-order valence-electron chi connectivity index (χ3n) is 4.70. The van der Waals surface area contributed by atoms with Crippen molar-refractivity contribution in [2.24, 2.45) is 10.8 Å².